The van der Waals surface area contributed by atoms with Gasteiger partial charge in [0.2, 0.25) is 0 Å². The van der Waals surface area contributed by atoms with E-state index in [1.165, 1.54) is 31.5 Å². The molecular weight excluding hydrogens is 280 g/mol. The van der Waals surface area contributed by atoms with Crippen molar-refractivity contribution < 1.29 is 0 Å². The Morgan fingerprint density at radius 3 is 3.10 bits per heavy atom. The number of hydrogen-bond donors (Lipinski definition) is 1. The summed E-state index contributed by atoms with van der Waals surface area (Å²) in [5, 5.41) is 6.94. The van der Waals surface area contributed by atoms with E-state index in [1.54, 1.807) is 11.3 Å². The molecule has 2 aliphatic heterocycles. The van der Waals surface area contributed by atoms with Gasteiger partial charge in [0.25, 0.3) is 0 Å². The van der Waals surface area contributed by atoms with Gasteiger partial charge in [-0.15, -0.1) is 11.3 Å². The number of rotatable bonds is 3. The summed E-state index contributed by atoms with van der Waals surface area (Å²) < 4.78 is 0. The maximum Gasteiger partial charge on any atom is 0.142 e. The van der Waals surface area contributed by atoms with Crippen LogP contribution >= 0.6 is 11.3 Å². The van der Waals surface area contributed by atoms with Gasteiger partial charge in [0, 0.05) is 43.3 Å². The number of pyridine rings is 1. The number of hydrogen-bond acceptors (Lipinski definition) is 5. The third-order valence-corrected chi connectivity index (χ3v) is 5.34. The Labute approximate surface area is 129 Å². The molecule has 2 unspecified atom stereocenters. The fourth-order valence-electron chi connectivity index (χ4n) is 3.37. The van der Waals surface area contributed by atoms with Crippen molar-refractivity contribution in [1.82, 2.24) is 20.2 Å². The number of thiazole rings is 1. The molecule has 110 valence electrons. The number of nitrogens with one attached hydrogen (secondary N) is 1. The molecule has 1 N–H and O–H groups in total. The molecule has 0 amide bonds. The lowest BCUT2D eigenvalue weighted by atomic mass is 10.1. The summed E-state index contributed by atoms with van der Waals surface area (Å²) >= 11 is 1.70. The van der Waals surface area contributed by atoms with Crippen LogP contribution in [0.25, 0.3) is 10.7 Å². The summed E-state index contributed by atoms with van der Waals surface area (Å²) in [7, 11) is 0. The molecule has 2 bridgehead atoms. The highest BCUT2D eigenvalue weighted by atomic mass is 32.1. The molecule has 0 radical (unpaired) electrons. The SMILES string of the molecule is c1ccc(-c2nc(CN3CCC4CCC(C3)N4)cs2)nc1. The van der Waals surface area contributed by atoms with E-state index in [4.69, 9.17) is 4.98 Å². The van der Waals surface area contributed by atoms with Gasteiger partial charge in [-0.1, -0.05) is 6.07 Å². The fourth-order valence-corrected chi connectivity index (χ4v) is 4.16. The molecule has 2 fully saturated rings. The minimum atomic E-state index is 0.686. The monoisotopic (exact) mass is 300 g/mol. The molecule has 2 aliphatic rings. The first kappa shape index (κ1) is 13.4. The zero-order valence-electron chi connectivity index (χ0n) is 12.0. The smallest absolute Gasteiger partial charge is 0.142 e. The molecule has 0 saturated carbocycles. The van der Waals surface area contributed by atoms with E-state index in [0.717, 1.165) is 29.8 Å². The highest BCUT2D eigenvalue weighted by Crippen LogP contribution is 2.24. The summed E-state index contributed by atoms with van der Waals surface area (Å²) in [6, 6.07) is 7.42. The third-order valence-electron chi connectivity index (χ3n) is 4.43. The molecule has 2 atom stereocenters. The van der Waals surface area contributed by atoms with Crippen molar-refractivity contribution in [1.29, 1.82) is 0 Å². The van der Waals surface area contributed by atoms with Crippen LogP contribution in [0.15, 0.2) is 29.8 Å². The standard InChI is InChI=1S/C16H20N4S/c1-2-7-17-15(3-1)16-19-14(11-21-16)10-20-8-6-12-4-5-13(9-20)18-12/h1-3,7,11-13,18H,4-6,8-10H2. The average Bonchev–Trinajstić information content (AvgIpc) is 3.09. The minimum Gasteiger partial charge on any atom is -0.310 e. The van der Waals surface area contributed by atoms with E-state index in [2.05, 4.69) is 20.6 Å². The van der Waals surface area contributed by atoms with Gasteiger partial charge in [-0.25, -0.2) is 4.98 Å². The molecule has 21 heavy (non-hydrogen) atoms. The van der Waals surface area contributed by atoms with Crippen molar-refractivity contribution in [3.05, 3.63) is 35.5 Å². The van der Waals surface area contributed by atoms with Gasteiger partial charge in [-0.2, -0.15) is 0 Å². The largest absolute Gasteiger partial charge is 0.310 e. The number of nitrogens with zero attached hydrogens (tertiary/aromatic N) is 3. The Hall–Kier alpha value is -1.30. The molecule has 0 aliphatic carbocycles. The van der Waals surface area contributed by atoms with Crippen molar-refractivity contribution in [3.8, 4) is 10.7 Å². The van der Waals surface area contributed by atoms with Gasteiger partial charge < -0.3 is 5.32 Å². The molecule has 5 heteroatoms. The Bertz CT molecular complexity index is 597. The van der Waals surface area contributed by atoms with E-state index < -0.39 is 0 Å². The highest BCUT2D eigenvalue weighted by molar-refractivity contribution is 7.13. The zero-order chi connectivity index (χ0) is 14.1. The maximum atomic E-state index is 4.76. The summed E-state index contributed by atoms with van der Waals surface area (Å²) in [6.45, 7) is 3.31. The van der Waals surface area contributed by atoms with Gasteiger partial charge in [0.15, 0.2) is 0 Å². The van der Waals surface area contributed by atoms with Crippen molar-refractivity contribution >= 4 is 11.3 Å². The fraction of sp³-hybridized carbons (Fsp3) is 0.500. The van der Waals surface area contributed by atoms with Crippen LogP contribution in [0.2, 0.25) is 0 Å². The lowest BCUT2D eigenvalue weighted by Crippen LogP contribution is -2.35. The second-order valence-corrected chi connectivity index (χ2v) is 6.88. The van der Waals surface area contributed by atoms with Crippen LogP contribution in [0.5, 0.6) is 0 Å². The summed E-state index contributed by atoms with van der Waals surface area (Å²) in [5.41, 5.74) is 2.16. The lowest BCUT2D eigenvalue weighted by Gasteiger charge is -2.22. The zero-order valence-corrected chi connectivity index (χ0v) is 12.9. The number of aromatic nitrogens is 2. The molecular formula is C16H20N4S. The molecule has 2 aromatic heterocycles. The van der Waals surface area contributed by atoms with Gasteiger partial charge in [0.05, 0.1) is 11.4 Å². The number of likely N-dealkylation sites (tertiary alicyclic amines) is 1. The third kappa shape index (κ3) is 3.00. The van der Waals surface area contributed by atoms with E-state index >= 15 is 0 Å². The van der Waals surface area contributed by atoms with Crippen molar-refractivity contribution in [2.75, 3.05) is 13.1 Å². The Morgan fingerprint density at radius 2 is 2.19 bits per heavy atom. The Balaban J connectivity index is 1.44. The second-order valence-electron chi connectivity index (χ2n) is 6.02. The molecule has 2 saturated heterocycles. The Kier molecular flexibility index (Phi) is 3.71. The topological polar surface area (TPSA) is 41.1 Å². The van der Waals surface area contributed by atoms with Crippen molar-refractivity contribution in [2.24, 2.45) is 0 Å². The summed E-state index contributed by atoms with van der Waals surface area (Å²) in [4.78, 5) is 11.7. The lowest BCUT2D eigenvalue weighted by molar-refractivity contribution is 0.248. The van der Waals surface area contributed by atoms with E-state index in [1.807, 2.05) is 24.4 Å². The summed E-state index contributed by atoms with van der Waals surface area (Å²) in [5.74, 6) is 0. The van der Waals surface area contributed by atoms with Gasteiger partial charge >= 0.3 is 0 Å². The van der Waals surface area contributed by atoms with Crippen LogP contribution in [0.3, 0.4) is 0 Å². The maximum absolute atomic E-state index is 4.76. The number of fused-ring (bicyclic) bond motifs is 2. The average molecular weight is 300 g/mol. The van der Waals surface area contributed by atoms with E-state index in [9.17, 15) is 0 Å². The molecule has 2 aromatic rings. The normalized spacial score (nSPS) is 25.9. The summed E-state index contributed by atoms with van der Waals surface area (Å²) in [6.07, 6.45) is 5.79. The van der Waals surface area contributed by atoms with Crippen LogP contribution in [0, 0.1) is 0 Å². The van der Waals surface area contributed by atoms with Crippen molar-refractivity contribution in [2.45, 2.75) is 37.9 Å². The first-order valence-corrected chi connectivity index (χ1v) is 8.59. The van der Waals surface area contributed by atoms with Crippen LogP contribution in [-0.4, -0.2) is 40.0 Å². The highest BCUT2D eigenvalue weighted by Gasteiger charge is 2.29. The molecule has 4 rings (SSSR count). The van der Waals surface area contributed by atoms with Gasteiger partial charge in [-0.05, 0) is 31.4 Å². The predicted octanol–water partition coefficient (Wildman–Crippen LogP) is 2.53. The van der Waals surface area contributed by atoms with Crippen LogP contribution in [0.4, 0.5) is 0 Å². The Morgan fingerprint density at radius 1 is 1.24 bits per heavy atom. The van der Waals surface area contributed by atoms with Crippen molar-refractivity contribution in [3.63, 3.8) is 0 Å². The molecule has 0 aromatic carbocycles. The van der Waals surface area contributed by atoms with Gasteiger partial charge in [0.1, 0.15) is 5.01 Å². The first-order valence-electron chi connectivity index (χ1n) is 7.71. The van der Waals surface area contributed by atoms with Crippen LogP contribution in [0.1, 0.15) is 25.0 Å². The molecule has 4 nitrogen and oxygen atoms in total. The van der Waals surface area contributed by atoms with E-state index in [0.29, 0.717) is 6.04 Å². The molecule has 4 heterocycles. The first-order chi connectivity index (χ1) is 10.4. The minimum absolute atomic E-state index is 0.686. The predicted molar refractivity (Wildman–Crippen MR) is 85.2 cm³/mol. The van der Waals surface area contributed by atoms with Crippen LogP contribution < -0.4 is 5.32 Å². The second kappa shape index (κ2) is 5.83. The van der Waals surface area contributed by atoms with E-state index in [-0.39, 0.29) is 0 Å². The quantitative estimate of drug-likeness (QED) is 0.946. The van der Waals surface area contributed by atoms with Gasteiger partial charge in [-0.3, -0.25) is 9.88 Å². The van der Waals surface area contributed by atoms with Crippen LogP contribution in [-0.2, 0) is 6.54 Å². The molecule has 0 spiro atoms.